The predicted octanol–water partition coefficient (Wildman–Crippen LogP) is 1.98. The lowest BCUT2D eigenvalue weighted by Gasteiger charge is -2.10. The van der Waals surface area contributed by atoms with Crippen LogP contribution in [0.25, 0.3) is 0 Å². The fraction of sp³-hybridized carbons (Fsp3) is 0.308. The number of benzene rings is 1. The summed E-state index contributed by atoms with van der Waals surface area (Å²) in [5.41, 5.74) is 4.51. The number of aryl methyl sites for hydroxylation is 2. The molecule has 3 rings (SSSR count). The lowest BCUT2D eigenvalue weighted by Crippen LogP contribution is -2.01. The van der Waals surface area contributed by atoms with E-state index in [2.05, 4.69) is 22.3 Å². The average molecular weight is 214 g/mol. The number of aliphatic hydroxyl groups is 1. The highest BCUT2D eigenvalue weighted by molar-refractivity contribution is 5.37. The van der Waals surface area contributed by atoms with Crippen molar-refractivity contribution in [3.05, 3.63) is 52.8 Å². The molecule has 82 valence electrons. The molecular formula is C13H14N2O. The fourth-order valence-corrected chi connectivity index (χ4v) is 2.36. The van der Waals surface area contributed by atoms with E-state index in [1.165, 1.54) is 24.0 Å². The highest BCUT2D eigenvalue weighted by Crippen LogP contribution is 2.27. The Morgan fingerprint density at radius 2 is 2.06 bits per heavy atom. The number of rotatable bonds is 2. The fourth-order valence-electron chi connectivity index (χ4n) is 2.36. The van der Waals surface area contributed by atoms with Crippen LogP contribution in [0.2, 0.25) is 0 Å². The minimum atomic E-state index is -0.589. The highest BCUT2D eigenvalue weighted by atomic mass is 16.3. The summed E-state index contributed by atoms with van der Waals surface area (Å²) in [6.07, 6.45) is 4.62. The van der Waals surface area contributed by atoms with E-state index in [1.807, 2.05) is 6.07 Å². The van der Waals surface area contributed by atoms with E-state index >= 15 is 0 Å². The Hall–Kier alpha value is -1.61. The number of hydrogen-bond donors (Lipinski definition) is 2. The molecule has 1 atom stereocenters. The van der Waals surface area contributed by atoms with Crippen molar-refractivity contribution in [2.24, 2.45) is 0 Å². The van der Waals surface area contributed by atoms with Crippen LogP contribution in [0.4, 0.5) is 0 Å². The van der Waals surface area contributed by atoms with Crippen LogP contribution >= 0.6 is 0 Å². The summed E-state index contributed by atoms with van der Waals surface area (Å²) in [4.78, 5) is 0. The number of nitrogens with one attached hydrogen (secondary N) is 1. The van der Waals surface area contributed by atoms with Gasteiger partial charge >= 0.3 is 0 Å². The molecule has 1 aliphatic rings. The van der Waals surface area contributed by atoms with E-state index in [4.69, 9.17) is 0 Å². The Morgan fingerprint density at radius 3 is 2.88 bits per heavy atom. The number of hydrogen-bond acceptors (Lipinski definition) is 2. The topological polar surface area (TPSA) is 48.9 Å². The van der Waals surface area contributed by atoms with Crippen molar-refractivity contribution in [3.8, 4) is 0 Å². The van der Waals surface area contributed by atoms with Crippen LogP contribution in [0.5, 0.6) is 0 Å². The van der Waals surface area contributed by atoms with Gasteiger partial charge in [-0.15, -0.1) is 0 Å². The summed E-state index contributed by atoms with van der Waals surface area (Å²) in [6, 6.07) is 8.07. The van der Waals surface area contributed by atoms with Gasteiger partial charge in [0.15, 0.2) is 0 Å². The summed E-state index contributed by atoms with van der Waals surface area (Å²) >= 11 is 0. The third kappa shape index (κ3) is 1.53. The van der Waals surface area contributed by atoms with Gasteiger partial charge in [0.2, 0.25) is 0 Å². The van der Waals surface area contributed by atoms with Crippen molar-refractivity contribution in [1.29, 1.82) is 0 Å². The predicted molar refractivity (Wildman–Crippen MR) is 61.1 cm³/mol. The summed E-state index contributed by atoms with van der Waals surface area (Å²) in [6.45, 7) is 0. The van der Waals surface area contributed by atoms with E-state index in [0.717, 1.165) is 17.7 Å². The minimum Gasteiger partial charge on any atom is -0.382 e. The molecule has 16 heavy (non-hydrogen) atoms. The molecule has 1 aromatic carbocycles. The van der Waals surface area contributed by atoms with Crippen LogP contribution in [-0.4, -0.2) is 15.3 Å². The largest absolute Gasteiger partial charge is 0.382 e. The zero-order chi connectivity index (χ0) is 11.0. The van der Waals surface area contributed by atoms with Crippen molar-refractivity contribution >= 4 is 0 Å². The third-order valence-electron chi connectivity index (χ3n) is 3.26. The number of aromatic amines is 1. The van der Waals surface area contributed by atoms with Gasteiger partial charge in [-0.1, -0.05) is 18.2 Å². The standard InChI is InChI=1S/C13H14N2O/c16-13(12-6-7-14-15-12)11-5-4-9-2-1-3-10(9)8-11/h4-8,13,16H,1-3H2,(H,14,15). The van der Waals surface area contributed by atoms with E-state index in [-0.39, 0.29) is 0 Å². The number of nitrogens with zero attached hydrogens (tertiary/aromatic N) is 1. The van der Waals surface area contributed by atoms with Crippen LogP contribution in [0.15, 0.2) is 30.5 Å². The molecule has 1 unspecified atom stereocenters. The van der Waals surface area contributed by atoms with Crippen molar-refractivity contribution in [1.82, 2.24) is 10.2 Å². The Kier molecular flexibility index (Phi) is 2.26. The molecule has 3 heteroatoms. The van der Waals surface area contributed by atoms with E-state index in [0.29, 0.717) is 0 Å². The SMILES string of the molecule is OC(c1ccc2c(c1)CCC2)c1ccn[nH]1. The van der Waals surface area contributed by atoms with Gasteiger partial charge in [-0.3, -0.25) is 5.10 Å². The van der Waals surface area contributed by atoms with E-state index in [1.54, 1.807) is 12.3 Å². The van der Waals surface area contributed by atoms with Crippen LogP contribution in [0.1, 0.15) is 34.9 Å². The maximum atomic E-state index is 10.1. The first-order valence-electron chi connectivity index (χ1n) is 5.63. The van der Waals surface area contributed by atoms with Gasteiger partial charge in [0.1, 0.15) is 6.10 Å². The molecule has 0 amide bonds. The summed E-state index contributed by atoms with van der Waals surface area (Å²) < 4.78 is 0. The van der Waals surface area contributed by atoms with Crippen LogP contribution < -0.4 is 0 Å². The maximum absolute atomic E-state index is 10.1. The Bertz CT molecular complexity index is 491. The summed E-state index contributed by atoms with van der Waals surface area (Å²) in [5, 5.41) is 16.8. The zero-order valence-corrected chi connectivity index (χ0v) is 8.98. The first kappa shape index (κ1) is 9.60. The van der Waals surface area contributed by atoms with Gasteiger partial charge in [-0.05, 0) is 42.0 Å². The van der Waals surface area contributed by atoms with Crippen LogP contribution in [-0.2, 0) is 12.8 Å². The normalized spacial score (nSPS) is 16.1. The lowest BCUT2D eigenvalue weighted by atomic mass is 10.0. The molecule has 0 saturated carbocycles. The van der Waals surface area contributed by atoms with Gasteiger partial charge in [0.05, 0.1) is 5.69 Å². The van der Waals surface area contributed by atoms with Crippen molar-refractivity contribution < 1.29 is 5.11 Å². The lowest BCUT2D eigenvalue weighted by molar-refractivity contribution is 0.215. The molecular weight excluding hydrogens is 200 g/mol. The number of H-pyrrole nitrogens is 1. The Balaban J connectivity index is 1.95. The second-order valence-electron chi connectivity index (χ2n) is 4.30. The quantitative estimate of drug-likeness (QED) is 0.803. The number of fused-ring (bicyclic) bond motifs is 1. The summed E-state index contributed by atoms with van der Waals surface area (Å²) in [5.74, 6) is 0. The zero-order valence-electron chi connectivity index (χ0n) is 8.98. The van der Waals surface area contributed by atoms with Gasteiger partial charge < -0.3 is 5.11 Å². The number of aliphatic hydroxyl groups excluding tert-OH is 1. The minimum absolute atomic E-state index is 0.589. The monoisotopic (exact) mass is 214 g/mol. The molecule has 1 heterocycles. The molecule has 0 aliphatic heterocycles. The summed E-state index contributed by atoms with van der Waals surface area (Å²) in [7, 11) is 0. The van der Waals surface area contributed by atoms with E-state index in [9.17, 15) is 5.11 Å². The van der Waals surface area contributed by atoms with Crippen molar-refractivity contribution in [2.45, 2.75) is 25.4 Å². The first-order valence-corrected chi connectivity index (χ1v) is 5.63. The molecule has 0 radical (unpaired) electrons. The van der Waals surface area contributed by atoms with E-state index < -0.39 is 6.10 Å². The Morgan fingerprint density at radius 1 is 1.19 bits per heavy atom. The second kappa shape index (κ2) is 3.76. The molecule has 2 N–H and O–H groups in total. The first-order chi connectivity index (χ1) is 7.84. The van der Waals surface area contributed by atoms with Gasteiger partial charge in [-0.2, -0.15) is 5.10 Å². The van der Waals surface area contributed by atoms with Gasteiger partial charge in [0, 0.05) is 6.20 Å². The molecule has 1 aliphatic carbocycles. The molecule has 1 aromatic heterocycles. The molecule has 3 nitrogen and oxygen atoms in total. The second-order valence-corrected chi connectivity index (χ2v) is 4.30. The van der Waals surface area contributed by atoms with Gasteiger partial charge in [-0.25, -0.2) is 0 Å². The average Bonchev–Trinajstić information content (AvgIpc) is 2.98. The van der Waals surface area contributed by atoms with Crippen molar-refractivity contribution in [2.75, 3.05) is 0 Å². The molecule has 2 aromatic rings. The molecule has 0 bridgehead atoms. The molecule has 0 saturated heterocycles. The number of aromatic nitrogens is 2. The maximum Gasteiger partial charge on any atom is 0.120 e. The van der Waals surface area contributed by atoms with Gasteiger partial charge in [0.25, 0.3) is 0 Å². The Labute approximate surface area is 94.1 Å². The highest BCUT2D eigenvalue weighted by Gasteiger charge is 2.16. The third-order valence-corrected chi connectivity index (χ3v) is 3.26. The molecule has 0 fully saturated rings. The van der Waals surface area contributed by atoms with Crippen LogP contribution in [0.3, 0.4) is 0 Å². The smallest absolute Gasteiger partial charge is 0.120 e. The molecule has 0 spiro atoms. The van der Waals surface area contributed by atoms with Crippen LogP contribution in [0, 0.1) is 0 Å². The van der Waals surface area contributed by atoms with Crippen molar-refractivity contribution in [3.63, 3.8) is 0 Å².